The van der Waals surface area contributed by atoms with Crippen LogP contribution in [-0.2, 0) is 11.3 Å². The Labute approximate surface area is 126 Å². The largest absolute Gasteiger partial charge is 0.444 e. The van der Waals surface area contributed by atoms with Gasteiger partial charge in [-0.05, 0) is 23.8 Å². The van der Waals surface area contributed by atoms with E-state index in [1.807, 2.05) is 30.3 Å². The molecule has 2 rings (SSSR count). The van der Waals surface area contributed by atoms with Gasteiger partial charge in [-0.15, -0.1) is 6.42 Å². The maximum atomic E-state index is 11.7. The van der Waals surface area contributed by atoms with Crippen molar-refractivity contribution in [3.63, 3.8) is 0 Å². The zero-order chi connectivity index (χ0) is 14.4. The number of nitrogens with one attached hydrogen (secondary N) is 1. The van der Waals surface area contributed by atoms with Gasteiger partial charge in [-0.25, -0.2) is 4.79 Å². The third-order valence-corrected chi connectivity index (χ3v) is 3.08. The first-order valence-electron chi connectivity index (χ1n) is 5.93. The van der Waals surface area contributed by atoms with Crippen LogP contribution in [0, 0.1) is 12.3 Å². The quantitative estimate of drug-likeness (QED) is 0.858. The molecule has 0 fully saturated rings. The molecule has 0 aliphatic rings. The van der Waals surface area contributed by atoms with Crippen LogP contribution < -0.4 is 5.32 Å². The molecule has 2 aromatic rings. The fourth-order valence-electron chi connectivity index (χ4n) is 1.61. The predicted octanol–water partition coefficient (Wildman–Crippen LogP) is 4.18. The minimum atomic E-state index is -0.535. The van der Waals surface area contributed by atoms with Crippen LogP contribution >= 0.6 is 15.9 Å². The second-order valence-electron chi connectivity index (χ2n) is 4.02. The molecular weight excluding hydrogens is 318 g/mol. The van der Waals surface area contributed by atoms with E-state index in [9.17, 15) is 4.79 Å². The van der Waals surface area contributed by atoms with E-state index in [0.29, 0.717) is 11.3 Å². The lowest BCUT2D eigenvalue weighted by Crippen LogP contribution is -2.14. The lowest BCUT2D eigenvalue weighted by atomic mass is 10.2. The summed E-state index contributed by atoms with van der Waals surface area (Å²) in [4.78, 5) is 11.7. The molecule has 4 heteroatoms. The Morgan fingerprint density at radius 1 is 1.25 bits per heavy atom. The summed E-state index contributed by atoms with van der Waals surface area (Å²) in [5.74, 6) is 2.52. The molecule has 0 bridgehead atoms. The Balaban J connectivity index is 1.97. The second kappa shape index (κ2) is 6.78. The normalized spacial score (nSPS) is 9.60. The molecule has 0 aromatic heterocycles. The van der Waals surface area contributed by atoms with Gasteiger partial charge < -0.3 is 4.74 Å². The van der Waals surface area contributed by atoms with Gasteiger partial charge in [-0.2, -0.15) is 0 Å². The molecule has 0 spiro atoms. The molecule has 0 heterocycles. The number of hydrogen-bond donors (Lipinski definition) is 1. The first kappa shape index (κ1) is 14.2. The number of ether oxygens (including phenoxy) is 1. The first-order chi connectivity index (χ1) is 9.69. The van der Waals surface area contributed by atoms with E-state index < -0.39 is 6.09 Å². The van der Waals surface area contributed by atoms with Gasteiger partial charge in [0.05, 0.1) is 5.69 Å². The molecule has 0 radical (unpaired) electrons. The zero-order valence-electron chi connectivity index (χ0n) is 10.6. The molecule has 0 aliphatic heterocycles. The van der Waals surface area contributed by atoms with E-state index in [2.05, 4.69) is 27.2 Å². The average molecular weight is 330 g/mol. The van der Waals surface area contributed by atoms with Crippen molar-refractivity contribution in [2.24, 2.45) is 0 Å². The number of carbonyl (C=O) groups excluding carboxylic acids is 1. The molecule has 100 valence electrons. The lowest BCUT2D eigenvalue weighted by molar-refractivity contribution is 0.155. The van der Waals surface area contributed by atoms with Gasteiger partial charge in [0.1, 0.15) is 6.61 Å². The number of rotatable bonds is 3. The Kier molecular flexibility index (Phi) is 4.80. The summed E-state index contributed by atoms with van der Waals surface area (Å²) in [5.41, 5.74) is 2.07. The first-order valence-corrected chi connectivity index (χ1v) is 6.72. The molecule has 2 aromatic carbocycles. The summed E-state index contributed by atoms with van der Waals surface area (Å²) in [6.07, 6.45) is 4.86. The molecular formula is C16H12BrNO2. The highest BCUT2D eigenvalue weighted by molar-refractivity contribution is 9.10. The highest BCUT2D eigenvalue weighted by Gasteiger charge is 2.07. The van der Waals surface area contributed by atoms with Crippen molar-refractivity contribution in [2.45, 2.75) is 6.61 Å². The van der Waals surface area contributed by atoms with Crippen LogP contribution in [0.2, 0.25) is 0 Å². The van der Waals surface area contributed by atoms with Gasteiger partial charge in [0.15, 0.2) is 0 Å². The Morgan fingerprint density at radius 2 is 2.00 bits per heavy atom. The van der Waals surface area contributed by atoms with Crippen LogP contribution in [0.25, 0.3) is 0 Å². The van der Waals surface area contributed by atoms with Crippen molar-refractivity contribution in [3.8, 4) is 12.3 Å². The molecule has 0 atom stereocenters. The maximum Gasteiger partial charge on any atom is 0.411 e. The van der Waals surface area contributed by atoms with Crippen molar-refractivity contribution < 1.29 is 9.53 Å². The van der Waals surface area contributed by atoms with Gasteiger partial charge >= 0.3 is 6.09 Å². The third-order valence-electron chi connectivity index (χ3n) is 2.59. The fourth-order valence-corrected chi connectivity index (χ4v) is 1.98. The topological polar surface area (TPSA) is 38.3 Å². The van der Waals surface area contributed by atoms with Crippen LogP contribution in [0.5, 0.6) is 0 Å². The Bertz CT molecular complexity index is 647. The SMILES string of the molecule is C#Cc1cc(Br)ccc1NC(=O)OCc1ccccc1. The number of amides is 1. The van der Waals surface area contributed by atoms with E-state index >= 15 is 0 Å². The van der Waals surface area contributed by atoms with E-state index in [1.54, 1.807) is 18.2 Å². The van der Waals surface area contributed by atoms with Crippen LogP contribution in [0.15, 0.2) is 53.0 Å². The predicted molar refractivity (Wildman–Crippen MR) is 82.3 cm³/mol. The molecule has 0 saturated heterocycles. The fraction of sp³-hybridized carbons (Fsp3) is 0.0625. The van der Waals surface area contributed by atoms with Gasteiger partial charge in [0.25, 0.3) is 0 Å². The lowest BCUT2D eigenvalue weighted by Gasteiger charge is -2.09. The second-order valence-corrected chi connectivity index (χ2v) is 4.94. The summed E-state index contributed by atoms with van der Waals surface area (Å²) < 4.78 is 5.99. The van der Waals surface area contributed by atoms with Crippen LogP contribution in [-0.4, -0.2) is 6.09 Å². The highest BCUT2D eigenvalue weighted by Crippen LogP contribution is 2.20. The number of halogens is 1. The number of anilines is 1. The minimum Gasteiger partial charge on any atom is -0.444 e. The summed E-state index contributed by atoms with van der Waals surface area (Å²) in [6.45, 7) is 0.217. The average Bonchev–Trinajstić information content (AvgIpc) is 2.48. The molecule has 3 nitrogen and oxygen atoms in total. The molecule has 0 saturated carbocycles. The molecule has 1 amide bonds. The van der Waals surface area contributed by atoms with E-state index in [-0.39, 0.29) is 6.61 Å². The summed E-state index contributed by atoms with van der Waals surface area (Å²) in [5, 5.41) is 2.63. The summed E-state index contributed by atoms with van der Waals surface area (Å²) >= 11 is 3.33. The van der Waals surface area contributed by atoms with Crippen LogP contribution in [0.3, 0.4) is 0 Å². The Morgan fingerprint density at radius 3 is 2.70 bits per heavy atom. The molecule has 1 N–H and O–H groups in total. The van der Waals surface area contributed by atoms with Crippen molar-refractivity contribution in [3.05, 3.63) is 64.1 Å². The van der Waals surface area contributed by atoms with Gasteiger partial charge in [0, 0.05) is 10.0 Å². The van der Waals surface area contributed by atoms with E-state index in [4.69, 9.17) is 11.2 Å². The number of carbonyl (C=O) groups is 1. The molecule has 0 aliphatic carbocycles. The number of hydrogen-bond acceptors (Lipinski definition) is 2. The monoisotopic (exact) mass is 329 g/mol. The molecule has 20 heavy (non-hydrogen) atoms. The van der Waals surface area contributed by atoms with Crippen molar-refractivity contribution >= 4 is 27.7 Å². The highest BCUT2D eigenvalue weighted by atomic mass is 79.9. The zero-order valence-corrected chi connectivity index (χ0v) is 12.2. The van der Waals surface area contributed by atoms with Crippen LogP contribution in [0.1, 0.15) is 11.1 Å². The van der Waals surface area contributed by atoms with Gasteiger partial charge in [-0.1, -0.05) is 52.2 Å². The van der Waals surface area contributed by atoms with Crippen molar-refractivity contribution in [1.82, 2.24) is 0 Å². The smallest absolute Gasteiger partial charge is 0.411 e. The third kappa shape index (κ3) is 3.87. The Hall–Kier alpha value is -2.25. The van der Waals surface area contributed by atoms with E-state index in [1.165, 1.54) is 0 Å². The maximum absolute atomic E-state index is 11.7. The van der Waals surface area contributed by atoms with Crippen LogP contribution in [0.4, 0.5) is 10.5 Å². The van der Waals surface area contributed by atoms with Gasteiger partial charge in [0.2, 0.25) is 0 Å². The molecule has 0 unspecified atom stereocenters. The van der Waals surface area contributed by atoms with E-state index in [0.717, 1.165) is 10.0 Å². The summed E-state index contributed by atoms with van der Waals surface area (Å²) in [7, 11) is 0. The summed E-state index contributed by atoms with van der Waals surface area (Å²) in [6, 6.07) is 14.7. The number of benzene rings is 2. The van der Waals surface area contributed by atoms with Crippen molar-refractivity contribution in [1.29, 1.82) is 0 Å². The minimum absolute atomic E-state index is 0.217. The number of terminal acetylenes is 1. The standard InChI is InChI=1S/C16H12BrNO2/c1-2-13-10-14(17)8-9-15(13)18-16(19)20-11-12-6-4-3-5-7-12/h1,3-10H,11H2,(H,18,19). The van der Waals surface area contributed by atoms with Crippen molar-refractivity contribution in [2.75, 3.05) is 5.32 Å². The van der Waals surface area contributed by atoms with Gasteiger partial charge in [-0.3, -0.25) is 5.32 Å².